The highest BCUT2D eigenvalue weighted by Gasteiger charge is 2.10. The Morgan fingerprint density at radius 3 is 1.92 bits per heavy atom. The molecule has 24 heavy (non-hydrogen) atoms. The van der Waals surface area contributed by atoms with Gasteiger partial charge < -0.3 is 4.74 Å². The van der Waals surface area contributed by atoms with Crippen LogP contribution in [0.1, 0.15) is 20.3 Å². The molecular weight excluding hydrogens is 298 g/mol. The fourth-order valence-electron chi connectivity index (χ4n) is 2.24. The molecule has 0 aliphatic heterocycles. The van der Waals surface area contributed by atoms with Crippen molar-refractivity contribution in [2.45, 2.75) is 20.3 Å². The molecule has 0 saturated heterocycles. The van der Waals surface area contributed by atoms with Crippen molar-refractivity contribution in [3.8, 4) is 28.5 Å². The van der Waals surface area contributed by atoms with Crippen molar-refractivity contribution in [3.63, 3.8) is 0 Å². The number of aromatic nitrogens is 3. The molecule has 0 aliphatic rings. The number of hydrogen-bond donors (Lipinski definition) is 0. The number of ether oxygens (including phenoxy) is 1. The maximum Gasteiger partial charge on any atom is 0.123 e. The number of rotatable bonds is 6. The summed E-state index contributed by atoms with van der Waals surface area (Å²) in [5.41, 5.74) is 3.23. The van der Waals surface area contributed by atoms with Crippen LogP contribution in [0.5, 0.6) is 5.75 Å². The molecule has 3 heterocycles. The third-order valence-electron chi connectivity index (χ3n) is 3.88. The van der Waals surface area contributed by atoms with Gasteiger partial charge in [-0.05, 0) is 30.2 Å². The van der Waals surface area contributed by atoms with E-state index in [0.717, 1.165) is 34.9 Å². The van der Waals surface area contributed by atoms with Gasteiger partial charge in [0.25, 0.3) is 0 Å². The van der Waals surface area contributed by atoms with E-state index in [0.29, 0.717) is 12.5 Å². The molecule has 4 heteroatoms. The highest BCUT2D eigenvalue weighted by atomic mass is 16.5. The Balaban J connectivity index is 1.99. The van der Waals surface area contributed by atoms with Crippen LogP contribution in [-0.4, -0.2) is 21.6 Å². The normalized spacial score (nSPS) is 11.9. The molecule has 0 radical (unpaired) electrons. The van der Waals surface area contributed by atoms with Crippen molar-refractivity contribution in [2.24, 2.45) is 5.92 Å². The number of hydrogen-bond acceptors (Lipinski definition) is 4. The van der Waals surface area contributed by atoms with Crippen molar-refractivity contribution < 1.29 is 4.74 Å². The van der Waals surface area contributed by atoms with Crippen molar-refractivity contribution in [2.75, 3.05) is 6.61 Å². The van der Waals surface area contributed by atoms with Crippen molar-refractivity contribution >= 4 is 0 Å². The summed E-state index contributed by atoms with van der Waals surface area (Å²) in [6, 6.07) is 15.5. The lowest BCUT2D eigenvalue weighted by Crippen LogP contribution is -2.07. The van der Waals surface area contributed by atoms with E-state index in [1.807, 2.05) is 48.5 Å². The summed E-state index contributed by atoms with van der Waals surface area (Å²) in [5, 5.41) is 0. The lowest BCUT2D eigenvalue weighted by atomic mass is 10.1. The topological polar surface area (TPSA) is 47.9 Å². The third kappa shape index (κ3) is 3.96. The fraction of sp³-hybridized carbons (Fsp3) is 0.250. The molecule has 3 aromatic rings. The number of pyridine rings is 3. The van der Waals surface area contributed by atoms with Crippen LogP contribution < -0.4 is 4.74 Å². The molecule has 122 valence electrons. The van der Waals surface area contributed by atoms with E-state index < -0.39 is 0 Å². The molecule has 0 amide bonds. The summed E-state index contributed by atoms with van der Waals surface area (Å²) in [6.45, 7) is 5.03. The van der Waals surface area contributed by atoms with Gasteiger partial charge in [-0.15, -0.1) is 0 Å². The predicted molar refractivity (Wildman–Crippen MR) is 95.6 cm³/mol. The summed E-state index contributed by atoms with van der Waals surface area (Å²) in [5.74, 6) is 1.31. The van der Waals surface area contributed by atoms with Crippen molar-refractivity contribution in [1.82, 2.24) is 15.0 Å². The van der Waals surface area contributed by atoms with Gasteiger partial charge in [-0.2, -0.15) is 0 Å². The maximum absolute atomic E-state index is 5.99. The largest absolute Gasteiger partial charge is 0.493 e. The fourth-order valence-corrected chi connectivity index (χ4v) is 2.24. The minimum atomic E-state index is 0.509. The quantitative estimate of drug-likeness (QED) is 0.664. The Bertz CT molecular complexity index is 718. The summed E-state index contributed by atoms with van der Waals surface area (Å²) in [7, 11) is 0. The summed E-state index contributed by atoms with van der Waals surface area (Å²) < 4.78 is 5.99. The minimum Gasteiger partial charge on any atom is -0.493 e. The van der Waals surface area contributed by atoms with Crippen LogP contribution in [0.4, 0.5) is 0 Å². The molecule has 3 rings (SSSR count). The van der Waals surface area contributed by atoms with E-state index >= 15 is 0 Å². The van der Waals surface area contributed by atoms with Gasteiger partial charge in [0.15, 0.2) is 0 Å². The van der Waals surface area contributed by atoms with Crippen molar-refractivity contribution in [3.05, 3.63) is 60.9 Å². The second kappa shape index (κ2) is 7.68. The molecule has 0 aromatic carbocycles. The summed E-state index contributed by atoms with van der Waals surface area (Å²) in [6.07, 6.45) is 4.62. The van der Waals surface area contributed by atoms with Gasteiger partial charge in [0, 0.05) is 24.5 Å². The van der Waals surface area contributed by atoms with Gasteiger partial charge in [-0.1, -0.05) is 32.4 Å². The zero-order chi connectivity index (χ0) is 16.8. The zero-order valence-electron chi connectivity index (χ0n) is 14.0. The number of nitrogens with zero attached hydrogens (tertiary/aromatic N) is 3. The molecule has 3 aromatic heterocycles. The molecule has 1 atom stereocenters. The van der Waals surface area contributed by atoms with Gasteiger partial charge in [0.2, 0.25) is 0 Å². The van der Waals surface area contributed by atoms with Crippen LogP contribution in [0.15, 0.2) is 60.9 Å². The van der Waals surface area contributed by atoms with E-state index in [4.69, 9.17) is 9.72 Å². The summed E-state index contributed by atoms with van der Waals surface area (Å²) >= 11 is 0. The third-order valence-corrected chi connectivity index (χ3v) is 3.88. The van der Waals surface area contributed by atoms with Crippen LogP contribution in [-0.2, 0) is 0 Å². The Morgan fingerprint density at radius 1 is 0.875 bits per heavy atom. The molecular formula is C20H21N3O. The van der Waals surface area contributed by atoms with Gasteiger partial charge in [-0.25, -0.2) is 4.98 Å². The van der Waals surface area contributed by atoms with Crippen LogP contribution in [0.25, 0.3) is 22.8 Å². The molecule has 0 aliphatic carbocycles. The highest BCUT2D eigenvalue weighted by molar-refractivity contribution is 5.64. The Labute approximate surface area is 142 Å². The van der Waals surface area contributed by atoms with E-state index in [2.05, 4.69) is 23.8 Å². The average molecular weight is 319 g/mol. The second-order valence-electron chi connectivity index (χ2n) is 5.83. The first kappa shape index (κ1) is 16.1. The van der Waals surface area contributed by atoms with Gasteiger partial charge in [0.1, 0.15) is 5.75 Å². The van der Waals surface area contributed by atoms with E-state index in [1.54, 1.807) is 12.4 Å². The minimum absolute atomic E-state index is 0.509. The molecule has 0 N–H and O–H groups in total. The second-order valence-corrected chi connectivity index (χ2v) is 5.83. The van der Waals surface area contributed by atoms with E-state index in [1.165, 1.54) is 0 Å². The lowest BCUT2D eigenvalue weighted by Gasteiger charge is -2.13. The smallest absolute Gasteiger partial charge is 0.123 e. The molecule has 4 nitrogen and oxygen atoms in total. The molecule has 0 spiro atoms. The first-order chi connectivity index (χ1) is 11.8. The average Bonchev–Trinajstić information content (AvgIpc) is 2.67. The van der Waals surface area contributed by atoms with Crippen LogP contribution >= 0.6 is 0 Å². The standard InChI is InChI=1S/C20H21N3O/c1-3-15(2)14-24-16-12-19(17-8-4-6-10-21-17)23-20(13-16)18-9-5-7-11-22-18/h4-13,15H,3,14H2,1-2H3/t15-/m0/s1. The lowest BCUT2D eigenvalue weighted by molar-refractivity contribution is 0.256. The first-order valence-corrected chi connectivity index (χ1v) is 8.24. The van der Waals surface area contributed by atoms with Gasteiger partial charge in [-0.3, -0.25) is 9.97 Å². The van der Waals surface area contributed by atoms with Crippen LogP contribution in [0.2, 0.25) is 0 Å². The van der Waals surface area contributed by atoms with Gasteiger partial charge in [0.05, 0.1) is 29.4 Å². The zero-order valence-corrected chi connectivity index (χ0v) is 14.0. The van der Waals surface area contributed by atoms with Gasteiger partial charge >= 0.3 is 0 Å². The molecule has 0 saturated carbocycles. The Hall–Kier alpha value is -2.75. The Kier molecular flexibility index (Phi) is 5.16. The van der Waals surface area contributed by atoms with Crippen molar-refractivity contribution in [1.29, 1.82) is 0 Å². The first-order valence-electron chi connectivity index (χ1n) is 8.24. The molecule has 0 unspecified atom stereocenters. The van der Waals surface area contributed by atoms with Crippen LogP contribution in [0.3, 0.4) is 0 Å². The molecule has 0 fully saturated rings. The predicted octanol–water partition coefficient (Wildman–Crippen LogP) is 4.63. The summed E-state index contributed by atoms with van der Waals surface area (Å²) in [4.78, 5) is 13.5. The molecule has 0 bridgehead atoms. The van der Waals surface area contributed by atoms with E-state index in [9.17, 15) is 0 Å². The monoisotopic (exact) mass is 319 g/mol. The van der Waals surface area contributed by atoms with E-state index in [-0.39, 0.29) is 0 Å². The SMILES string of the molecule is CC[C@H](C)COc1cc(-c2ccccn2)nc(-c2ccccn2)c1. The Morgan fingerprint density at radius 2 is 1.46 bits per heavy atom. The highest BCUT2D eigenvalue weighted by Crippen LogP contribution is 2.26. The van der Waals surface area contributed by atoms with Crippen LogP contribution in [0, 0.1) is 5.92 Å². The maximum atomic E-state index is 5.99.